The first kappa shape index (κ1) is 19.0. The van der Waals surface area contributed by atoms with Crippen LogP contribution in [0.5, 0.6) is 5.75 Å². The molecule has 1 aliphatic rings. The normalized spacial score (nSPS) is 14.5. The molecule has 4 heterocycles. The van der Waals surface area contributed by atoms with E-state index in [1.807, 2.05) is 30.1 Å². The van der Waals surface area contributed by atoms with Crippen molar-refractivity contribution in [1.82, 2.24) is 25.6 Å². The smallest absolute Gasteiger partial charge is 0.284 e. The van der Waals surface area contributed by atoms with Crippen LogP contribution in [0.4, 0.5) is 0 Å². The summed E-state index contributed by atoms with van der Waals surface area (Å²) in [4.78, 5) is 20.8. The molecule has 1 aliphatic heterocycles. The zero-order chi connectivity index (χ0) is 20.1. The summed E-state index contributed by atoms with van der Waals surface area (Å²) in [5.41, 5.74) is 5.33. The lowest BCUT2D eigenvalue weighted by molar-refractivity contribution is 0.0124. The Hall–Kier alpha value is -3.30. The fourth-order valence-corrected chi connectivity index (χ4v) is 2.90. The molecule has 3 aromatic rings. The average molecular weight is 395 g/mol. The van der Waals surface area contributed by atoms with Gasteiger partial charge in [0.25, 0.3) is 5.91 Å². The van der Waals surface area contributed by atoms with E-state index in [4.69, 9.17) is 14.0 Å². The summed E-state index contributed by atoms with van der Waals surface area (Å²) in [6.45, 7) is 4.59. The maximum Gasteiger partial charge on any atom is 0.284 e. The van der Waals surface area contributed by atoms with Crippen molar-refractivity contribution in [2.24, 2.45) is 0 Å². The number of nitrogens with zero attached hydrogens (tertiary/aromatic N) is 4. The topological polar surface area (TPSA) is 103 Å². The molecule has 0 aromatic carbocycles. The molecule has 3 aromatic heterocycles. The largest absolute Gasteiger partial charge is 0.487 e. The molecule has 29 heavy (non-hydrogen) atoms. The van der Waals surface area contributed by atoms with Crippen LogP contribution in [0, 0.1) is 6.92 Å². The number of aromatic nitrogens is 3. The third-order valence-corrected chi connectivity index (χ3v) is 4.52. The van der Waals surface area contributed by atoms with E-state index in [2.05, 4.69) is 20.6 Å². The highest BCUT2D eigenvalue weighted by Gasteiger charge is 2.17. The highest BCUT2D eigenvalue weighted by molar-refractivity contribution is 5.91. The highest BCUT2D eigenvalue weighted by Crippen LogP contribution is 2.25. The number of morpholine rings is 1. The lowest BCUT2D eigenvalue weighted by Crippen LogP contribution is -2.48. The number of aryl methyl sites for hydroxylation is 1. The van der Waals surface area contributed by atoms with Crippen LogP contribution < -0.4 is 10.2 Å². The number of carbonyl (C=O) groups excluding carboxylic acids is 1. The summed E-state index contributed by atoms with van der Waals surface area (Å²) in [6, 6.07) is 8.94. The molecule has 9 nitrogen and oxygen atoms in total. The lowest BCUT2D eigenvalue weighted by Gasteiger charge is -2.26. The third-order valence-electron chi connectivity index (χ3n) is 4.52. The summed E-state index contributed by atoms with van der Waals surface area (Å²) in [6.07, 6.45) is 3.23. The maximum atomic E-state index is 12.3. The van der Waals surface area contributed by atoms with E-state index in [9.17, 15) is 4.79 Å². The molecule has 0 bridgehead atoms. The minimum atomic E-state index is -0.259. The Morgan fingerprint density at radius 3 is 2.79 bits per heavy atom. The number of hydrogen-bond acceptors (Lipinski definition) is 8. The van der Waals surface area contributed by atoms with E-state index >= 15 is 0 Å². The standard InChI is InChI=1S/C20H21N5O4/c1-14-16(19(24-29-14)17-4-2-3-7-21-17)13-28-15-5-6-18(22-12-15)20(26)23-25-8-10-27-11-9-25/h2-7,12H,8-11,13H2,1H3,(H,23,26). The summed E-state index contributed by atoms with van der Waals surface area (Å²) < 4.78 is 16.4. The fraction of sp³-hybridized carbons (Fsp3) is 0.300. The van der Waals surface area contributed by atoms with E-state index in [0.29, 0.717) is 49.2 Å². The summed E-state index contributed by atoms with van der Waals surface area (Å²) in [5.74, 6) is 0.950. The number of hydrogen-bond donors (Lipinski definition) is 1. The molecule has 0 saturated carbocycles. The SMILES string of the molecule is Cc1onc(-c2ccccn2)c1COc1ccc(C(=O)NN2CCOCC2)nc1. The zero-order valence-electron chi connectivity index (χ0n) is 16.0. The van der Waals surface area contributed by atoms with Gasteiger partial charge in [0.15, 0.2) is 0 Å². The quantitative estimate of drug-likeness (QED) is 0.676. The van der Waals surface area contributed by atoms with Gasteiger partial charge in [-0.3, -0.25) is 15.2 Å². The lowest BCUT2D eigenvalue weighted by atomic mass is 10.1. The first-order valence-electron chi connectivity index (χ1n) is 9.30. The van der Waals surface area contributed by atoms with Gasteiger partial charge in [-0.05, 0) is 31.2 Å². The van der Waals surface area contributed by atoms with Gasteiger partial charge >= 0.3 is 0 Å². The molecule has 0 aliphatic carbocycles. The van der Waals surface area contributed by atoms with Crippen molar-refractivity contribution in [3.05, 3.63) is 59.7 Å². The molecule has 1 amide bonds. The van der Waals surface area contributed by atoms with Crippen LogP contribution in [-0.2, 0) is 11.3 Å². The Balaban J connectivity index is 1.39. The van der Waals surface area contributed by atoms with E-state index < -0.39 is 0 Å². The second-order valence-electron chi connectivity index (χ2n) is 6.49. The Labute approximate surface area is 167 Å². The van der Waals surface area contributed by atoms with E-state index in [0.717, 1.165) is 11.3 Å². The van der Waals surface area contributed by atoms with E-state index in [1.165, 1.54) is 6.20 Å². The molecule has 1 N–H and O–H groups in total. The molecule has 1 fully saturated rings. The number of ether oxygens (including phenoxy) is 2. The van der Waals surface area contributed by atoms with Crippen LogP contribution >= 0.6 is 0 Å². The van der Waals surface area contributed by atoms with Crippen molar-refractivity contribution in [3.63, 3.8) is 0 Å². The number of rotatable bonds is 6. The number of pyridine rings is 2. The van der Waals surface area contributed by atoms with Crippen molar-refractivity contribution in [2.75, 3.05) is 26.3 Å². The predicted molar refractivity (Wildman–Crippen MR) is 103 cm³/mol. The van der Waals surface area contributed by atoms with Gasteiger partial charge in [-0.2, -0.15) is 0 Å². The minimum Gasteiger partial charge on any atom is -0.487 e. The second-order valence-corrected chi connectivity index (χ2v) is 6.49. The molecule has 0 spiro atoms. The van der Waals surface area contributed by atoms with Crippen LogP contribution in [-0.4, -0.2) is 52.3 Å². The van der Waals surface area contributed by atoms with Crippen LogP contribution in [0.1, 0.15) is 21.8 Å². The first-order valence-corrected chi connectivity index (χ1v) is 9.30. The summed E-state index contributed by atoms with van der Waals surface area (Å²) in [5, 5.41) is 5.92. The van der Waals surface area contributed by atoms with Gasteiger partial charge in [-0.25, -0.2) is 9.99 Å². The number of hydrazine groups is 1. The maximum absolute atomic E-state index is 12.3. The first-order chi connectivity index (χ1) is 14.2. The van der Waals surface area contributed by atoms with Crippen LogP contribution in [0.15, 0.2) is 47.2 Å². The van der Waals surface area contributed by atoms with Gasteiger partial charge in [0.2, 0.25) is 0 Å². The van der Waals surface area contributed by atoms with Gasteiger partial charge in [0.05, 0.1) is 30.7 Å². The Bertz CT molecular complexity index is 953. The van der Waals surface area contributed by atoms with E-state index in [1.54, 1.807) is 18.3 Å². The molecular formula is C20H21N5O4. The minimum absolute atomic E-state index is 0.252. The molecule has 4 rings (SSSR count). The average Bonchev–Trinajstić information content (AvgIpc) is 3.14. The van der Waals surface area contributed by atoms with Crippen molar-refractivity contribution < 1.29 is 18.8 Å². The molecular weight excluding hydrogens is 374 g/mol. The molecule has 0 atom stereocenters. The second kappa shape index (κ2) is 8.80. The number of amides is 1. The molecule has 150 valence electrons. The highest BCUT2D eigenvalue weighted by atomic mass is 16.5. The Kier molecular flexibility index (Phi) is 5.78. The fourth-order valence-electron chi connectivity index (χ4n) is 2.90. The molecule has 0 radical (unpaired) electrons. The van der Waals surface area contributed by atoms with Gasteiger partial charge in [-0.15, -0.1) is 0 Å². The van der Waals surface area contributed by atoms with E-state index in [-0.39, 0.29) is 12.5 Å². The van der Waals surface area contributed by atoms with Crippen molar-refractivity contribution in [3.8, 4) is 17.1 Å². The van der Waals surface area contributed by atoms with Crippen molar-refractivity contribution >= 4 is 5.91 Å². The van der Waals surface area contributed by atoms with Gasteiger partial charge < -0.3 is 14.0 Å². The molecule has 1 saturated heterocycles. The van der Waals surface area contributed by atoms with Crippen LogP contribution in [0.25, 0.3) is 11.4 Å². The zero-order valence-corrected chi connectivity index (χ0v) is 16.0. The van der Waals surface area contributed by atoms with Gasteiger partial charge in [0, 0.05) is 19.3 Å². The molecule has 9 heteroatoms. The third kappa shape index (κ3) is 4.58. The van der Waals surface area contributed by atoms with Gasteiger partial charge in [0.1, 0.15) is 29.5 Å². The van der Waals surface area contributed by atoms with Crippen molar-refractivity contribution in [1.29, 1.82) is 0 Å². The Morgan fingerprint density at radius 2 is 2.07 bits per heavy atom. The van der Waals surface area contributed by atoms with Crippen LogP contribution in [0.2, 0.25) is 0 Å². The summed E-state index contributed by atoms with van der Waals surface area (Å²) in [7, 11) is 0. The van der Waals surface area contributed by atoms with Crippen molar-refractivity contribution in [2.45, 2.75) is 13.5 Å². The number of nitrogens with one attached hydrogen (secondary N) is 1. The predicted octanol–water partition coefficient (Wildman–Crippen LogP) is 2.00. The monoisotopic (exact) mass is 395 g/mol. The molecule has 0 unspecified atom stereocenters. The summed E-state index contributed by atoms with van der Waals surface area (Å²) >= 11 is 0. The van der Waals surface area contributed by atoms with Gasteiger partial charge in [-0.1, -0.05) is 11.2 Å². The Morgan fingerprint density at radius 1 is 1.21 bits per heavy atom. The number of carbonyl (C=O) groups is 1. The van der Waals surface area contributed by atoms with Crippen LogP contribution in [0.3, 0.4) is 0 Å².